The largest absolute Gasteiger partial charge is 0.416 e. The Labute approximate surface area is 127 Å². The minimum atomic E-state index is -0.496. The van der Waals surface area contributed by atoms with Crippen LogP contribution in [0.4, 0.5) is 10.1 Å². The topological polar surface area (TPSA) is 68.0 Å². The van der Waals surface area contributed by atoms with E-state index in [0.29, 0.717) is 22.0 Å². The van der Waals surface area contributed by atoms with Crippen LogP contribution >= 0.6 is 27.7 Å². The van der Waals surface area contributed by atoms with Crippen LogP contribution in [0.2, 0.25) is 0 Å². The molecular formula is C12H11BrFN3O2S. The first kappa shape index (κ1) is 15.0. The summed E-state index contributed by atoms with van der Waals surface area (Å²) in [4.78, 5) is 11.7. The van der Waals surface area contributed by atoms with Gasteiger partial charge in [0.1, 0.15) is 5.82 Å². The number of nitrogens with zero attached hydrogens (tertiary/aromatic N) is 2. The van der Waals surface area contributed by atoms with E-state index in [1.165, 1.54) is 12.1 Å². The molecule has 8 heteroatoms. The van der Waals surface area contributed by atoms with Gasteiger partial charge in [-0.1, -0.05) is 34.6 Å². The van der Waals surface area contributed by atoms with Crippen LogP contribution in [0.1, 0.15) is 12.8 Å². The average molecular weight is 360 g/mol. The highest BCUT2D eigenvalue weighted by Gasteiger charge is 2.11. The molecule has 0 aliphatic rings. The zero-order valence-electron chi connectivity index (χ0n) is 10.5. The van der Waals surface area contributed by atoms with Gasteiger partial charge in [0.25, 0.3) is 5.22 Å². The van der Waals surface area contributed by atoms with E-state index >= 15 is 0 Å². The SMILES string of the molecule is CCc1nnc(SCC(=O)Nc2ccc(Br)cc2F)o1. The summed E-state index contributed by atoms with van der Waals surface area (Å²) in [6.07, 6.45) is 0.643. The second-order valence-corrected chi connectivity index (χ2v) is 5.62. The quantitative estimate of drug-likeness (QED) is 0.829. The number of thioether (sulfide) groups is 1. The number of benzene rings is 1. The van der Waals surface area contributed by atoms with E-state index in [1.54, 1.807) is 6.07 Å². The molecule has 20 heavy (non-hydrogen) atoms. The van der Waals surface area contributed by atoms with Crippen LogP contribution in [0.5, 0.6) is 0 Å². The lowest BCUT2D eigenvalue weighted by Crippen LogP contribution is -2.15. The van der Waals surface area contributed by atoms with Crippen LogP contribution in [-0.4, -0.2) is 21.9 Å². The molecule has 1 heterocycles. The maximum atomic E-state index is 13.5. The van der Waals surface area contributed by atoms with Gasteiger partial charge in [0.15, 0.2) is 0 Å². The second kappa shape index (κ2) is 6.85. The van der Waals surface area contributed by atoms with Crippen molar-refractivity contribution >= 4 is 39.3 Å². The van der Waals surface area contributed by atoms with Crippen molar-refractivity contribution in [1.29, 1.82) is 0 Å². The zero-order valence-corrected chi connectivity index (χ0v) is 12.9. The Hall–Kier alpha value is -1.41. The van der Waals surface area contributed by atoms with Crippen LogP contribution in [0.25, 0.3) is 0 Å². The standard InChI is InChI=1S/C12H11BrFN3O2S/c1-2-11-16-17-12(19-11)20-6-10(18)15-9-4-3-7(13)5-8(9)14/h3-5H,2,6H2,1H3,(H,15,18). The molecule has 2 aromatic rings. The Morgan fingerprint density at radius 2 is 2.30 bits per heavy atom. The van der Waals surface area contributed by atoms with Gasteiger partial charge in [-0.05, 0) is 18.2 Å². The number of carbonyl (C=O) groups is 1. The lowest BCUT2D eigenvalue weighted by molar-refractivity contribution is -0.113. The second-order valence-electron chi connectivity index (χ2n) is 3.78. The summed E-state index contributed by atoms with van der Waals surface area (Å²) in [5.41, 5.74) is 0.138. The van der Waals surface area contributed by atoms with Gasteiger partial charge < -0.3 is 9.73 Å². The fourth-order valence-electron chi connectivity index (χ4n) is 1.34. The number of halogens is 2. The third-order valence-corrected chi connectivity index (χ3v) is 3.59. The first-order chi connectivity index (χ1) is 9.58. The van der Waals surface area contributed by atoms with E-state index in [4.69, 9.17) is 4.42 Å². The Balaban J connectivity index is 1.89. The van der Waals surface area contributed by atoms with Gasteiger partial charge in [-0.3, -0.25) is 4.79 Å². The number of rotatable bonds is 5. The third kappa shape index (κ3) is 4.04. The van der Waals surface area contributed by atoms with Crippen LogP contribution < -0.4 is 5.32 Å². The van der Waals surface area contributed by atoms with Gasteiger partial charge >= 0.3 is 0 Å². The Bertz CT molecular complexity index is 620. The summed E-state index contributed by atoms with van der Waals surface area (Å²) in [7, 11) is 0. The predicted molar refractivity (Wildman–Crippen MR) is 77.1 cm³/mol. The van der Waals surface area contributed by atoms with Crippen molar-refractivity contribution in [3.63, 3.8) is 0 Å². The van der Waals surface area contributed by atoms with Crippen molar-refractivity contribution < 1.29 is 13.6 Å². The molecule has 0 atom stereocenters. The van der Waals surface area contributed by atoms with Crippen molar-refractivity contribution in [2.75, 3.05) is 11.1 Å². The Morgan fingerprint density at radius 3 is 2.95 bits per heavy atom. The molecule has 1 aromatic carbocycles. The average Bonchev–Trinajstić information content (AvgIpc) is 2.88. The van der Waals surface area contributed by atoms with Gasteiger partial charge in [0, 0.05) is 10.9 Å². The number of hydrogen-bond donors (Lipinski definition) is 1. The minimum Gasteiger partial charge on any atom is -0.416 e. The van der Waals surface area contributed by atoms with E-state index in [2.05, 4.69) is 31.4 Å². The highest BCUT2D eigenvalue weighted by atomic mass is 79.9. The van der Waals surface area contributed by atoms with Crippen molar-refractivity contribution in [3.8, 4) is 0 Å². The lowest BCUT2D eigenvalue weighted by Gasteiger charge is -2.05. The van der Waals surface area contributed by atoms with Crippen molar-refractivity contribution in [2.24, 2.45) is 0 Å². The molecule has 106 valence electrons. The van der Waals surface area contributed by atoms with Gasteiger partial charge in [-0.2, -0.15) is 0 Å². The number of carbonyl (C=O) groups excluding carboxylic acids is 1. The first-order valence-electron chi connectivity index (χ1n) is 5.78. The van der Waals surface area contributed by atoms with Gasteiger partial charge in [0.05, 0.1) is 11.4 Å². The predicted octanol–water partition coefficient (Wildman–Crippen LogP) is 3.26. The molecule has 5 nitrogen and oxygen atoms in total. The van der Waals surface area contributed by atoms with Crippen molar-refractivity contribution in [2.45, 2.75) is 18.6 Å². The lowest BCUT2D eigenvalue weighted by atomic mass is 10.3. The van der Waals surface area contributed by atoms with Gasteiger partial charge in [-0.25, -0.2) is 4.39 Å². The molecule has 0 aliphatic heterocycles. The number of nitrogens with one attached hydrogen (secondary N) is 1. The molecule has 0 aliphatic carbocycles. The smallest absolute Gasteiger partial charge is 0.277 e. The summed E-state index contributed by atoms with van der Waals surface area (Å²) >= 11 is 4.26. The van der Waals surface area contributed by atoms with Gasteiger partial charge in [-0.15, -0.1) is 10.2 Å². The summed E-state index contributed by atoms with van der Waals surface area (Å²) in [6.45, 7) is 1.89. The fourth-order valence-corrected chi connectivity index (χ4v) is 2.26. The summed E-state index contributed by atoms with van der Waals surface area (Å²) in [5, 5.41) is 10.4. The van der Waals surface area contributed by atoms with Crippen LogP contribution in [0.15, 0.2) is 32.3 Å². The normalized spacial score (nSPS) is 10.6. The van der Waals surface area contributed by atoms with E-state index in [-0.39, 0.29) is 17.3 Å². The Kier molecular flexibility index (Phi) is 5.13. The number of aryl methyl sites for hydroxylation is 1. The van der Waals surface area contributed by atoms with Crippen molar-refractivity contribution in [3.05, 3.63) is 34.4 Å². The highest BCUT2D eigenvalue weighted by Crippen LogP contribution is 2.20. The van der Waals surface area contributed by atoms with E-state index in [9.17, 15) is 9.18 Å². The molecule has 1 aromatic heterocycles. The molecule has 0 spiro atoms. The molecule has 0 bridgehead atoms. The molecule has 0 saturated carbocycles. The number of hydrogen-bond acceptors (Lipinski definition) is 5. The molecule has 1 N–H and O–H groups in total. The van der Waals surface area contributed by atoms with Crippen molar-refractivity contribution in [1.82, 2.24) is 10.2 Å². The molecule has 0 saturated heterocycles. The first-order valence-corrected chi connectivity index (χ1v) is 7.56. The molecule has 0 fully saturated rings. The minimum absolute atomic E-state index is 0.0703. The number of aromatic nitrogens is 2. The van der Waals surface area contributed by atoms with Crippen LogP contribution in [0, 0.1) is 5.82 Å². The summed E-state index contributed by atoms with van der Waals surface area (Å²) < 4.78 is 19.4. The van der Waals surface area contributed by atoms with E-state index < -0.39 is 5.82 Å². The van der Waals surface area contributed by atoms with E-state index in [0.717, 1.165) is 11.8 Å². The van der Waals surface area contributed by atoms with Crippen LogP contribution in [0.3, 0.4) is 0 Å². The van der Waals surface area contributed by atoms with E-state index in [1.807, 2.05) is 6.92 Å². The maximum absolute atomic E-state index is 13.5. The molecular weight excluding hydrogens is 349 g/mol. The highest BCUT2D eigenvalue weighted by molar-refractivity contribution is 9.10. The summed E-state index contributed by atoms with van der Waals surface area (Å²) in [6, 6.07) is 4.43. The molecule has 2 rings (SSSR count). The monoisotopic (exact) mass is 359 g/mol. The fraction of sp³-hybridized carbons (Fsp3) is 0.250. The molecule has 1 amide bonds. The molecule has 0 unspecified atom stereocenters. The Morgan fingerprint density at radius 1 is 1.50 bits per heavy atom. The number of anilines is 1. The third-order valence-electron chi connectivity index (χ3n) is 2.28. The zero-order chi connectivity index (χ0) is 14.5. The summed E-state index contributed by atoms with van der Waals surface area (Å²) in [5.74, 6) is -0.246. The van der Waals surface area contributed by atoms with Crippen LogP contribution in [-0.2, 0) is 11.2 Å². The maximum Gasteiger partial charge on any atom is 0.277 e. The molecule has 0 radical (unpaired) electrons. The number of amides is 1. The van der Waals surface area contributed by atoms with Gasteiger partial charge in [0.2, 0.25) is 11.8 Å².